The van der Waals surface area contributed by atoms with Gasteiger partial charge in [0.15, 0.2) is 0 Å². The lowest BCUT2D eigenvalue weighted by Crippen LogP contribution is -2.24. The van der Waals surface area contributed by atoms with Crippen molar-refractivity contribution >= 4 is 11.7 Å². The maximum atomic E-state index is 12.0. The second-order valence-electron chi connectivity index (χ2n) is 4.71. The Labute approximate surface area is 116 Å². The van der Waals surface area contributed by atoms with E-state index >= 15 is 0 Å². The summed E-state index contributed by atoms with van der Waals surface area (Å²) in [6.07, 6.45) is 5.42. The summed E-state index contributed by atoms with van der Waals surface area (Å²) in [6, 6.07) is 7.75. The molecule has 0 unspecified atom stereocenters. The molecule has 1 saturated carbocycles. The molecule has 6 nitrogen and oxygen atoms in total. The Morgan fingerprint density at radius 3 is 2.90 bits per heavy atom. The molecular weight excluding hydrogens is 254 g/mol. The molecule has 0 aliphatic heterocycles. The number of carbonyl (C=O) groups is 1. The zero-order valence-electron chi connectivity index (χ0n) is 10.9. The monoisotopic (exact) mass is 269 g/mol. The maximum absolute atomic E-state index is 12.0. The summed E-state index contributed by atoms with van der Waals surface area (Å²) in [6.45, 7) is 0.384. The molecule has 1 amide bonds. The highest BCUT2D eigenvalue weighted by Crippen LogP contribution is 2.23. The quantitative estimate of drug-likeness (QED) is 0.857. The van der Waals surface area contributed by atoms with Gasteiger partial charge in [0.1, 0.15) is 17.8 Å². The molecule has 0 spiro atoms. The molecular formula is C14H15N5O. The van der Waals surface area contributed by atoms with Crippen LogP contribution in [0.25, 0.3) is 0 Å². The molecule has 102 valence electrons. The largest absolute Gasteiger partial charge is 0.367 e. The van der Waals surface area contributed by atoms with Crippen LogP contribution in [0.5, 0.6) is 0 Å². The Morgan fingerprint density at radius 1 is 1.25 bits per heavy atom. The average molecular weight is 269 g/mol. The number of pyridine rings is 1. The van der Waals surface area contributed by atoms with Gasteiger partial charge in [-0.25, -0.2) is 9.97 Å². The number of carbonyl (C=O) groups excluding carboxylic acids is 1. The van der Waals surface area contributed by atoms with Gasteiger partial charge in [-0.3, -0.25) is 9.78 Å². The number of rotatable bonds is 5. The van der Waals surface area contributed by atoms with Gasteiger partial charge >= 0.3 is 0 Å². The fraction of sp³-hybridized carbons (Fsp3) is 0.286. The van der Waals surface area contributed by atoms with E-state index in [0.29, 0.717) is 24.1 Å². The number of aromatic nitrogens is 3. The van der Waals surface area contributed by atoms with Crippen molar-refractivity contribution in [3.05, 3.63) is 48.2 Å². The first-order valence-electron chi connectivity index (χ1n) is 6.58. The summed E-state index contributed by atoms with van der Waals surface area (Å²) in [7, 11) is 0. The Morgan fingerprint density at radius 2 is 2.15 bits per heavy atom. The second-order valence-corrected chi connectivity index (χ2v) is 4.71. The number of nitrogens with zero attached hydrogens (tertiary/aromatic N) is 3. The molecule has 3 rings (SSSR count). The van der Waals surface area contributed by atoms with Crippen LogP contribution in [0.15, 0.2) is 36.8 Å². The molecule has 20 heavy (non-hydrogen) atoms. The highest BCUT2D eigenvalue weighted by molar-refractivity contribution is 5.92. The van der Waals surface area contributed by atoms with Gasteiger partial charge in [0.05, 0.1) is 12.2 Å². The van der Waals surface area contributed by atoms with E-state index < -0.39 is 0 Å². The highest BCUT2D eigenvalue weighted by atomic mass is 16.1. The summed E-state index contributed by atoms with van der Waals surface area (Å²) in [5, 5.41) is 6.03. The van der Waals surface area contributed by atoms with Crippen LogP contribution in [0.4, 0.5) is 5.82 Å². The molecule has 1 aliphatic rings. The van der Waals surface area contributed by atoms with E-state index in [0.717, 1.165) is 18.5 Å². The minimum absolute atomic E-state index is 0.225. The van der Waals surface area contributed by atoms with Crippen molar-refractivity contribution in [3.63, 3.8) is 0 Å². The van der Waals surface area contributed by atoms with Gasteiger partial charge in [-0.05, 0) is 25.0 Å². The number of anilines is 1. The summed E-state index contributed by atoms with van der Waals surface area (Å²) < 4.78 is 0. The Hall–Kier alpha value is -2.50. The van der Waals surface area contributed by atoms with Gasteiger partial charge in [0, 0.05) is 18.3 Å². The summed E-state index contributed by atoms with van der Waals surface area (Å²) in [4.78, 5) is 24.3. The zero-order valence-corrected chi connectivity index (χ0v) is 10.9. The molecule has 1 fully saturated rings. The molecule has 0 aromatic carbocycles. The van der Waals surface area contributed by atoms with Crippen molar-refractivity contribution in [2.45, 2.75) is 25.4 Å². The zero-order chi connectivity index (χ0) is 13.8. The van der Waals surface area contributed by atoms with Crippen LogP contribution in [0.3, 0.4) is 0 Å². The third-order valence-corrected chi connectivity index (χ3v) is 2.99. The standard InChI is InChI=1S/C14H15N5O/c20-14(16-8-11-3-1-2-6-15-11)12-7-13(18-9-17-12)19-10-4-5-10/h1-3,6-7,9-10H,4-5,8H2,(H,16,20)(H,17,18,19). The topological polar surface area (TPSA) is 79.8 Å². The van der Waals surface area contributed by atoms with Crippen molar-refractivity contribution in [1.82, 2.24) is 20.3 Å². The van der Waals surface area contributed by atoms with Crippen LogP contribution in [-0.4, -0.2) is 26.9 Å². The third-order valence-electron chi connectivity index (χ3n) is 2.99. The first kappa shape index (κ1) is 12.5. The van der Waals surface area contributed by atoms with Crippen LogP contribution >= 0.6 is 0 Å². The molecule has 0 radical (unpaired) electrons. The molecule has 0 saturated heterocycles. The fourth-order valence-corrected chi connectivity index (χ4v) is 1.76. The first-order chi connectivity index (χ1) is 9.81. The maximum Gasteiger partial charge on any atom is 0.270 e. The predicted molar refractivity (Wildman–Crippen MR) is 74.1 cm³/mol. The third kappa shape index (κ3) is 3.28. The molecule has 2 aromatic heterocycles. The van der Waals surface area contributed by atoms with Crippen LogP contribution in [0.2, 0.25) is 0 Å². The van der Waals surface area contributed by atoms with Crippen molar-refractivity contribution < 1.29 is 4.79 Å². The fourth-order valence-electron chi connectivity index (χ4n) is 1.76. The number of nitrogens with one attached hydrogen (secondary N) is 2. The molecule has 2 aromatic rings. The summed E-state index contributed by atoms with van der Waals surface area (Å²) in [5.41, 5.74) is 1.17. The van der Waals surface area contributed by atoms with E-state index in [1.165, 1.54) is 6.33 Å². The normalized spacial score (nSPS) is 13.8. The lowest BCUT2D eigenvalue weighted by atomic mass is 10.3. The lowest BCUT2D eigenvalue weighted by molar-refractivity contribution is 0.0945. The Bertz CT molecular complexity index is 598. The van der Waals surface area contributed by atoms with E-state index in [4.69, 9.17) is 0 Å². The predicted octanol–water partition coefficient (Wildman–Crippen LogP) is 1.38. The number of amides is 1. The van der Waals surface area contributed by atoms with Crippen molar-refractivity contribution in [2.24, 2.45) is 0 Å². The van der Waals surface area contributed by atoms with E-state index in [1.807, 2.05) is 18.2 Å². The SMILES string of the molecule is O=C(NCc1ccccn1)c1cc(NC2CC2)ncn1. The van der Waals surface area contributed by atoms with Gasteiger partial charge in [-0.2, -0.15) is 0 Å². The Kier molecular flexibility index (Phi) is 3.54. The van der Waals surface area contributed by atoms with Crippen LogP contribution in [-0.2, 0) is 6.54 Å². The molecule has 0 bridgehead atoms. The van der Waals surface area contributed by atoms with Gasteiger partial charge in [0.2, 0.25) is 0 Å². The van der Waals surface area contributed by atoms with E-state index in [9.17, 15) is 4.79 Å². The van der Waals surface area contributed by atoms with Gasteiger partial charge in [-0.1, -0.05) is 6.07 Å². The van der Waals surface area contributed by atoms with Crippen molar-refractivity contribution in [2.75, 3.05) is 5.32 Å². The Balaban J connectivity index is 1.61. The second kappa shape index (κ2) is 5.64. The van der Waals surface area contributed by atoms with Crippen LogP contribution in [0.1, 0.15) is 29.0 Å². The molecule has 2 N–H and O–H groups in total. The molecule has 0 atom stereocenters. The highest BCUT2D eigenvalue weighted by Gasteiger charge is 2.21. The molecule has 2 heterocycles. The van der Waals surface area contributed by atoms with Gasteiger partial charge in [0.25, 0.3) is 5.91 Å². The van der Waals surface area contributed by atoms with E-state index in [1.54, 1.807) is 12.3 Å². The number of hydrogen-bond donors (Lipinski definition) is 2. The number of hydrogen-bond acceptors (Lipinski definition) is 5. The lowest BCUT2D eigenvalue weighted by Gasteiger charge is -2.06. The van der Waals surface area contributed by atoms with E-state index in [-0.39, 0.29) is 5.91 Å². The average Bonchev–Trinajstić information content (AvgIpc) is 3.30. The van der Waals surface area contributed by atoms with Crippen molar-refractivity contribution in [3.8, 4) is 0 Å². The van der Waals surface area contributed by atoms with Crippen molar-refractivity contribution in [1.29, 1.82) is 0 Å². The first-order valence-corrected chi connectivity index (χ1v) is 6.58. The van der Waals surface area contributed by atoms with Gasteiger partial charge < -0.3 is 10.6 Å². The molecule has 6 heteroatoms. The van der Waals surface area contributed by atoms with Gasteiger partial charge in [-0.15, -0.1) is 0 Å². The van der Waals surface area contributed by atoms with E-state index in [2.05, 4.69) is 25.6 Å². The summed E-state index contributed by atoms with van der Waals surface area (Å²) >= 11 is 0. The minimum Gasteiger partial charge on any atom is -0.367 e. The summed E-state index contributed by atoms with van der Waals surface area (Å²) in [5.74, 6) is 0.474. The minimum atomic E-state index is -0.225. The smallest absolute Gasteiger partial charge is 0.270 e. The molecule has 1 aliphatic carbocycles. The van der Waals surface area contributed by atoms with Crippen LogP contribution < -0.4 is 10.6 Å². The van der Waals surface area contributed by atoms with Crippen LogP contribution in [0, 0.1) is 0 Å².